The first-order valence-electron chi connectivity index (χ1n) is 15.5. The molecule has 0 saturated carbocycles. The number of hydrogen-bond donors (Lipinski definition) is 1. The highest BCUT2D eigenvalue weighted by atomic mass is 16.7. The van der Waals surface area contributed by atoms with Gasteiger partial charge in [-0.3, -0.25) is 4.79 Å². The summed E-state index contributed by atoms with van der Waals surface area (Å²) in [5, 5.41) is 2.84. The lowest BCUT2D eigenvalue weighted by molar-refractivity contribution is -0.179. The second kappa shape index (κ2) is 17.8. The maximum atomic E-state index is 12.8. The van der Waals surface area contributed by atoms with Crippen LogP contribution in [0.4, 0.5) is 5.69 Å². The van der Waals surface area contributed by atoms with Crippen LogP contribution in [0.5, 0.6) is 17.2 Å². The van der Waals surface area contributed by atoms with Crippen LogP contribution in [0.3, 0.4) is 0 Å². The van der Waals surface area contributed by atoms with E-state index in [1.165, 1.54) is 0 Å². The molecule has 4 rings (SSSR count). The first-order valence-corrected chi connectivity index (χ1v) is 15.5. The molecule has 1 heterocycles. The molecule has 11 nitrogen and oxygen atoms in total. The van der Waals surface area contributed by atoms with Crippen molar-refractivity contribution in [3.8, 4) is 17.2 Å². The van der Waals surface area contributed by atoms with E-state index in [1.807, 2.05) is 0 Å². The van der Waals surface area contributed by atoms with Gasteiger partial charge in [-0.1, -0.05) is 26.8 Å². The highest BCUT2D eigenvalue weighted by molar-refractivity contribution is 6.04. The van der Waals surface area contributed by atoms with Gasteiger partial charge in [0, 0.05) is 29.2 Å². The molecule has 3 aromatic carbocycles. The van der Waals surface area contributed by atoms with Gasteiger partial charge in [0.25, 0.3) is 5.91 Å². The van der Waals surface area contributed by atoms with Crippen LogP contribution in [-0.2, 0) is 23.7 Å². The largest absolute Gasteiger partial charge is 0.491 e. The molecule has 1 amide bonds. The molecule has 0 aromatic heterocycles. The normalized spacial score (nSPS) is 13.8. The summed E-state index contributed by atoms with van der Waals surface area (Å²) in [4.78, 5) is 36.4. The van der Waals surface area contributed by atoms with E-state index in [2.05, 4.69) is 25.7 Å². The van der Waals surface area contributed by atoms with Crippen molar-refractivity contribution in [3.05, 3.63) is 96.6 Å². The van der Waals surface area contributed by atoms with Crippen LogP contribution in [0.25, 0.3) is 0 Å². The number of carbonyl (C=O) groups excluding carboxylic acids is 3. The van der Waals surface area contributed by atoms with Gasteiger partial charge in [0.15, 0.2) is 6.29 Å². The average Bonchev–Trinajstić information content (AvgIpc) is 3.07. The van der Waals surface area contributed by atoms with Crippen molar-refractivity contribution < 1.29 is 47.5 Å². The Balaban J connectivity index is 1.18. The zero-order valence-electron chi connectivity index (χ0n) is 26.7. The Morgan fingerprint density at radius 2 is 1.51 bits per heavy atom. The molecule has 1 atom stereocenters. The minimum atomic E-state index is -0.536. The molecule has 11 heteroatoms. The number of rotatable bonds is 19. The lowest BCUT2D eigenvalue weighted by Crippen LogP contribution is -2.44. The van der Waals surface area contributed by atoms with Gasteiger partial charge < -0.3 is 38.5 Å². The maximum absolute atomic E-state index is 12.8. The van der Waals surface area contributed by atoms with Crippen molar-refractivity contribution in [2.45, 2.75) is 33.0 Å². The van der Waals surface area contributed by atoms with Gasteiger partial charge in [-0.05, 0) is 72.8 Å². The standard InChI is InChI=1S/C36H41NO10/c1-4-6-33(45-25-36(3)23-42-24-36)46-30-15-7-26(8-16-30)34(39)37-28-11-17-31(18-12-28)47-35(40)27-9-13-29(14-10-27)43-21-19-41-20-22-44-32(38)5-2/h5,7-18,33H,2,4,6,19-25H2,1,3H3,(H,37,39). The zero-order valence-corrected chi connectivity index (χ0v) is 26.7. The second-order valence-electron chi connectivity index (χ2n) is 11.2. The smallest absolute Gasteiger partial charge is 0.343 e. The lowest BCUT2D eigenvalue weighted by Gasteiger charge is -2.38. The van der Waals surface area contributed by atoms with Crippen LogP contribution in [0.2, 0.25) is 0 Å². The molecular weight excluding hydrogens is 606 g/mol. The summed E-state index contributed by atoms with van der Waals surface area (Å²) < 4.78 is 38.5. The number of amides is 1. The molecule has 250 valence electrons. The van der Waals surface area contributed by atoms with Crippen molar-refractivity contribution in [1.82, 2.24) is 0 Å². The highest BCUT2D eigenvalue weighted by Gasteiger charge is 2.34. The third kappa shape index (κ3) is 11.5. The SMILES string of the molecule is C=CC(=O)OCCOCCOc1ccc(C(=O)Oc2ccc(NC(=O)c3ccc(OC(CCC)OCC4(C)COC4)cc3)cc2)cc1. The van der Waals surface area contributed by atoms with Crippen molar-refractivity contribution in [1.29, 1.82) is 0 Å². The third-order valence-electron chi connectivity index (χ3n) is 6.97. The Morgan fingerprint density at radius 3 is 2.15 bits per heavy atom. The summed E-state index contributed by atoms with van der Waals surface area (Å²) in [7, 11) is 0. The van der Waals surface area contributed by atoms with E-state index in [0.717, 1.165) is 18.9 Å². The molecule has 1 unspecified atom stereocenters. The molecular formula is C36H41NO10. The molecule has 1 N–H and O–H groups in total. The summed E-state index contributed by atoms with van der Waals surface area (Å²) in [6.07, 6.45) is 2.39. The molecule has 1 aliphatic heterocycles. The fourth-order valence-corrected chi connectivity index (χ4v) is 4.32. The highest BCUT2D eigenvalue weighted by Crippen LogP contribution is 2.28. The number of ether oxygens (including phenoxy) is 7. The topological polar surface area (TPSA) is 128 Å². The van der Waals surface area contributed by atoms with Crippen LogP contribution >= 0.6 is 0 Å². The van der Waals surface area contributed by atoms with Crippen molar-refractivity contribution in [3.63, 3.8) is 0 Å². The number of nitrogens with one attached hydrogen (secondary N) is 1. The Morgan fingerprint density at radius 1 is 0.872 bits per heavy atom. The number of esters is 2. The van der Waals surface area contributed by atoms with Crippen molar-refractivity contribution in [2.24, 2.45) is 5.41 Å². The molecule has 1 saturated heterocycles. The van der Waals surface area contributed by atoms with Gasteiger partial charge in [0.05, 0.1) is 38.6 Å². The van der Waals surface area contributed by atoms with Gasteiger partial charge in [-0.2, -0.15) is 0 Å². The molecule has 0 radical (unpaired) electrons. The van der Waals surface area contributed by atoms with E-state index < -0.39 is 11.9 Å². The molecule has 0 aliphatic carbocycles. The molecule has 0 bridgehead atoms. The number of carbonyl (C=O) groups is 3. The van der Waals surface area contributed by atoms with Gasteiger partial charge in [0.1, 0.15) is 30.5 Å². The minimum absolute atomic E-state index is 0.0331. The average molecular weight is 648 g/mol. The van der Waals surface area contributed by atoms with E-state index >= 15 is 0 Å². The van der Waals surface area contributed by atoms with Gasteiger partial charge in [-0.15, -0.1) is 0 Å². The van der Waals surface area contributed by atoms with E-state index in [4.69, 9.17) is 33.2 Å². The molecule has 47 heavy (non-hydrogen) atoms. The second-order valence-corrected chi connectivity index (χ2v) is 11.2. The van der Waals surface area contributed by atoms with E-state index in [1.54, 1.807) is 72.8 Å². The first kappa shape index (κ1) is 35.1. The van der Waals surface area contributed by atoms with Crippen molar-refractivity contribution in [2.75, 3.05) is 51.6 Å². The molecule has 0 spiro atoms. The summed E-state index contributed by atoms with van der Waals surface area (Å²) in [6, 6.07) is 19.9. The fraction of sp³-hybridized carbons (Fsp3) is 0.361. The van der Waals surface area contributed by atoms with Crippen molar-refractivity contribution >= 4 is 23.5 Å². The number of benzene rings is 3. The third-order valence-corrected chi connectivity index (χ3v) is 6.97. The summed E-state index contributed by atoms with van der Waals surface area (Å²) in [6.45, 7) is 10.4. The quantitative estimate of drug-likeness (QED) is 0.0557. The summed E-state index contributed by atoms with van der Waals surface area (Å²) in [5.41, 5.74) is 1.39. The summed E-state index contributed by atoms with van der Waals surface area (Å²) >= 11 is 0. The fourth-order valence-electron chi connectivity index (χ4n) is 4.32. The van der Waals surface area contributed by atoms with Crippen LogP contribution < -0.4 is 19.5 Å². The Kier molecular flexibility index (Phi) is 13.3. The Hall–Kier alpha value is -4.71. The Bertz CT molecular complexity index is 1450. The van der Waals surface area contributed by atoms with E-state index in [-0.39, 0.29) is 37.4 Å². The molecule has 1 aliphatic rings. The van der Waals surface area contributed by atoms with Gasteiger partial charge in [0.2, 0.25) is 0 Å². The number of anilines is 1. The van der Waals surface area contributed by atoms with Gasteiger partial charge >= 0.3 is 11.9 Å². The van der Waals surface area contributed by atoms with Crippen LogP contribution in [0.15, 0.2) is 85.5 Å². The first-order chi connectivity index (χ1) is 22.8. The predicted octanol–water partition coefficient (Wildman–Crippen LogP) is 5.84. The molecule has 1 fully saturated rings. The Labute approximate surface area is 274 Å². The van der Waals surface area contributed by atoms with Gasteiger partial charge in [-0.25, -0.2) is 9.59 Å². The van der Waals surface area contributed by atoms with E-state index in [0.29, 0.717) is 60.5 Å². The predicted molar refractivity (Wildman–Crippen MR) is 174 cm³/mol. The van der Waals surface area contributed by atoms with Crippen LogP contribution in [-0.4, -0.2) is 70.4 Å². The van der Waals surface area contributed by atoms with E-state index in [9.17, 15) is 14.4 Å². The minimum Gasteiger partial charge on any atom is -0.491 e. The van der Waals surface area contributed by atoms with Crippen LogP contribution in [0, 0.1) is 5.41 Å². The maximum Gasteiger partial charge on any atom is 0.343 e. The monoisotopic (exact) mass is 647 g/mol. The number of hydrogen-bond acceptors (Lipinski definition) is 10. The van der Waals surface area contributed by atoms with Crippen LogP contribution in [0.1, 0.15) is 47.4 Å². The summed E-state index contributed by atoms with van der Waals surface area (Å²) in [5.74, 6) is 0.185. The lowest BCUT2D eigenvalue weighted by atomic mass is 9.90. The molecule has 3 aromatic rings. The zero-order chi connectivity index (χ0) is 33.5.